The summed E-state index contributed by atoms with van der Waals surface area (Å²) in [6.07, 6.45) is 1.68. The van der Waals surface area contributed by atoms with Crippen molar-refractivity contribution in [3.8, 4) is 0 Å². The largest absolute Gasteiger partial charge is 0.381 e. The summed E-state index contributed by atoms with van der Waals surface area (Å²) in [4.78, 5) is 7.62. The average molecular weight is 328 g/mol. The highest BCUT2D eigenvalue weighted by Crippen LogP contribution is 2.08. The molecule has 0 spiro atoms. The normalized spacial score (nSPS) is 8.67. The number of rotatable bonds is 0. The van der Waals surface area contributed by atoms with Crippen molar-refractivity contribution in [2.45, 2.75) is 21.3 Å². The molecule has 0 atom stereocenters. The van der Waals surface area contributed by atoms with Gasteiger partial charge in [-0.25, -0.2) is 9.97 Å². The Labute approximate surface area is 131 Å². The van der Waals surface area contributed by atoms with Gasteiger partial charge in [0, 0.05) is 23.0 Å². The molecule has 116 valence electrons. The molecule has 0 saturated heterocycles. The molecule has 6 N–H and O–H groups in total. The van der Waals surface area contributed by atoms with Gasteiger partial charge >= 0.3 is 0 Å². The number of anilines is 3. The maximum absolute atomic E-state index is 5.29. The van der Waals surface area contributed by atoms with Gasteiger partial charge in [0.1, 0.15) is 5.76 Å². The van der Waals surface area contributed by atoms with Gasteiger partial charge in [-0.1, -0.05) is 12.6 Å². The van der Waals surface area contributed by atoms with Crippen molar-refractivity contribution in [3.05, 3.63) is 34.5 Å². The van der Waals surface area contributed by atoms with E-state index in [4.69, 9.17) is 17.2 Å². The lowest BCUT2D eigenvalue weighted by Crippen LogP contribution is -1.80. The number of hydrogen-bond acceptors (Lipinski definition) is 9. The summed E-state index contributed by atoms with van der Waals surface area (Å²) >= 11 is 2.92. The zero-order chi connectivity index (χ0) is 15.0. The molecule has 0 aromatic carbocycles. The van der Waals surface area contributed by atoms with Crippen LogP contribution in [-0.4, -0.2) is 15.1 Å². The Morgan fingerprint density at radius 3 is 1.95 bits per heavy atom. The van der Waals surface area contributed by atoms with Gasteiger partial charge in [-0.05, 0) is 13.8 Å². The highest BCUT2D eigenvalue weighted by molar-refractivity contribution is 7.13. The lowest BCUT2D eigenvalue weighted by molar-refractivity contribution is 0.400. The number of aromatic nitrogens is 3. The number of aryl methyl sites for hydroxylation is 2. The molecule has 0 bridgehead atoms. The van der Waals surface area contributed by atoms with Crippen LogP contribution in [0.5, 0.6) is 0 Å². The molecule has 3 aromatic rings. The second kappa shape index (κ2) is 9.72. The Morgan fingerprint density at radius 2 is 1.81 bits per heavy atom. The van der Waals surface area contributed by atoms with Crippen LogP contribution in [-0.2, 0) is 0 Å². The standard InChI is InChI=1S/C4H6N2O.C4H6N2S.C3H4N2S.CH4/c1-3-2-4(5)6-7-3;1-3-2-7-4(5)6-3;4-3-5-1-2-6-3;/h2*2H,1H3,(H2,5,6);1-2H,(H2,4,5);1H4. The summed E-state index contributed by atoms with van der Waals surface area (Å²) in [7, 11) is 0. The Kier molecular flexibility index (Phi) is 8.74. The first-order valence-electron chi connectivity index (χ1n) is 5.48. The van der Waals surface area contributed by atoms with Crippen molar-refractivity contribution in [2.24, 2.45) is 0 Å². The SMILES string of the molecule is C.Cc1cc(N)no1.Cc1csc(N)n1.Nc1nccs1. The number of nitrogens with two attached hydrogens (primary N) is 3. The summed E-state index contributed by atoms with van der Waals surface area (Å²) in [5.74, 6) is 1.19. The molecule has 0 aliphatic heterocycles. The third-order valence-corrected chi connectivity index (χ3v) is 3.13. The highest BCUT2D eigenvalue weighted by atomic mass is 32.1. The van der Waals surface area contributed by atoms with Crippen molar-refractivity contribution < 1.29 is 4.52 Å². The van der Waals surface area contributed by atoms with Crippen molar-refractivity contribution in [1.29, 1.82) is 0 Å². The fraction of sp³-hybridized carbons (Fsp3) is 0.250. The average Bonchev–Trinajstić information content (AvgIpc) is 3.07. The quantitative estimate of drug-likeness (QED) is 0.578. The molecule has 7 nitrogen and oxygen atoms in total. The van der Waals surface area contributed by atoms with E-state index in [1.807, 2.05) is 17.7 Å². The Hall–Kier alpha value is -2.13. The Bertz CT molecular complexity index is 534. The van der Waals surface area contributed by atoms with Gasteiger partial charge in [0.25, 0.3) is 0 Å². The third kappa shape index (κ3) is 8.60. The predicted octanol–water partition coefficient (Wildman–Crippen LogP) is 2.96. The van der Waals surface area contributed by atoms with Gasteiger partial charge in [0.2, 0.25) is 0 Å². The fourth-order valence-corrected chi connectivity index (χ4v) is 1.92. The van der Waals surface area contributed by atoms with Gasteiger partial charge in [-0.3, -0.25) is 0 Å². The monoisotopic (exact) mass is 328 g/mol. The molecule has 3 aromatic heterocycles. The molecule has 0 saturated carbocycles. The van der Waals surface area contributed by atoms with Crippen LogP contribution >= 0.6 is 22.7 Å². The number of thiazole rings is 2. The second-order valence-corrected chi connectivity index (χ2v) is 5.38. The van der Waals surface area contributed by atoms with Crippen LogP contribution in [0.4, 0.5) is 16.1 Å². The van der Waals surface area contributed by atoms with E-state index in [0.717, 1.165) is 11.5 Å². The fourth-order valence-electron chi connectivity index (χ4n) is 0.992. The van der Waals surface area contributed by atoms with Crippen molar-refractivity contribution in [1.82, 2.24) is 15.1 Å². The molecule has 0 aliphatic rings. The first-order valence-corrected chi connectivity index (χ1v) is 7.24. The topological polar surface area (TPSA) is 130 Å². The van der Waals surface area contributed by atoms with Crippen molar-refractivity contribution >= 4 is 38.8 Å². The number of nitrogen functional groups attached to an aromatic ring is 3. The van der Waals surface area contributed by atoms with Gasteiger partial charge in [0.15, 0.2) is 16.1 Å². The minimum Gasteiger partial charge on any atom is -0.381 e. The minimum absolute atomic E-state index is 0. The number of hydrogen-bond donors (Lipinski definition) is 3. The molecule has 3 heterocycles. The third-order valence-electron chi connectivity index (χ3n) is 1.73. The first-order chi connectivity index (χ1) is 9.47. The molecular formula is C12H20N6OS2. The molecule has 0 fully saturated rings. The van der Waals surface area contributed by atoms with Crippen LogP contribution < -0.4 is 17.2 Å². The van der Waals surface area contributed by atoms with Crippen LogP contribution in [0.2, 0.25) is 0 Å². The lowest BCUT2D eigenvalue weighted by atomic mass is 10.5. The lowest BCUT2D eigenvalue weighted by Gasteiger charge is -1.72. The van der Waals surface area contributed by atoms with Crippen molar-refractivity contribution in [2.75, 3.05) is 17.2 Å². The van der Waals surface area contributed by atoms with Crippen LogP contribution in [0.15, 0.2) is 27.5 Å². The van der Waals surface area contributed by atoms with Crippen LogP contribution in [0.1, 0.15) is 18.9 Å². The molecule has 3 rings (SSSR count). The Morgan fingerprint density at radius 1 is 1.10 bits per heavy atom. The van der Waals surface area contributed by atoms with Crippen molar-refractivity contribution in [3.63, 3.8) is 0 Å². The predicted molar refractivity (Wildman–Crippen MR) is 90.2 cm³/mol. The summed E-state index contributed by atoms with van der Waals surface area (Å²) in [5, 5.41) is 8.47. The maximum Gasteiger partial charge on any atom is 0.180 e. The van der Waals surface area contributed by atoms with E-state index in [1.54, 1.807) is 19.2 Å². The molecule has 0 unspecified atom stereocenters. The molecule has 9 heteroatoms. The summed E-state index contributed by atoms with van der Waals surface area (Å²) in [5.41, 5.74) is 16.6. The van der Waals surface area contributed by atoms with E-state index in [2.05, 4.69) is 19.6 Å². The summed E-state index contributed by atoms with van der Waals surface area (Å²) in [6.45, 7) is 3.72. The smallest absolute Gasteiger partial charge is 0.180 e. The summed E-state index contributed by atoms with van der Waals surface area (Å²) < 4.78 is 4.59. The second-order valence-electron chi connectivity index (χ2n) is 3.56. The van der Waals surface area contributed by atoms with E-state index >= 15 is 0 Å². The van der Waals surface area contributed by atoms with E-state index in [1.165, 1.54) is 22.7 Å². The van der Waals surface area contributed by atoms with Crippen LogP contribution in [0.3, 0.4) is 0 Å². The zero-order valence-corrected chi connectivity index (χ0v) is 12.7. The maximum atomic E-state index is 5.29. The van der Waals surface area contributed by atoms with Gasteiger partial charge in [0.05, 0.1) is 5.69 Å². The molecule has 21 heavy (non-hydrogen) atoms. The van der Waals surface area contributed by atoms with E-state index in [9.17, 15) is 0 Å². The number of nitrogens with zero attached hydrogens (tertiary/aromatic N) is 3. The molecular weight excluding hydrogens is 308 g/mol. The first kappa shape index (κ1) is 18.9. The van der Waals surface area contributed by atoms with Crippen LogP contribution in [0, 0.1) is 13.8 Å². The zero-order valence-electron chi connectivity index (χ0n) is 11.1. The van der Waals surface area contributed by atoms with Crippen LogP contribution in [0.25, 0.3) is 0 Å². The molecule has 0 radical (unpaired) electrons. The van der Waals surface area contributed by atoms with Gasteiger partial charge in [-0.2, -0.15) is 0 Å². The van der Waals surface area contributed by atoms with E-state index in [0.29, 0.717) is 16.1 Å². The van der Waals surface area contributed by atoms with Gasteiger partial charge in [-0.15, -0.1) is 22.7 Å². The summed E-state index contributed by atoms with van der Waals surface area (Å²) in [6, 6.07) is 1.67. The van der Waals surface area contributed by atoms with E-state index in [-0.39, 0.29) is 7.43 Å². The van der Waals surface area contributed by atoms with Gasteiger partial charge < -0.3 is 21.7 Å². The minimum atomic E-state index is 0. The molecule has 0 aliphatic carbocycles. The highest BCUT2D eigenvalue weighted by Gasteiger charge is 1.89. The Balaban J connectivity index is 0.000000280. The van der Waals surface area contributed by atoms with E-state index < -0.39 is 0 Å². The molecule has 0 amide bonds.